The zero-order valence-electron chi connectivity index (χ0n) is 15.8. The highest BCUT2D eigenvalue weighted by molar-refractivity contribution is 6.52. The summed E-state index contributed by atoms with van der Waals surface area (Å²) in [4.78, 5) is 48.9. The van der Waals surface area contributed by atoms with Crippen LogP contribution >= 0.6 is 0 Å². The number of nitrogens with zero attached hydrogens (tertiary/aromatic N) is 1. The van der Waals surface area contributed by atoms with Crippen molar-refractivity contribution < 1.29 is 28.7 Å². The smallest absolute Gasteiger partial charge is 0.326 e. The summed E-state index contributed by atoms with van der Waals surface area (Å²) in [5.41, 5.74) is 1.64. The fraction of sp³-hybridized carbons (Fsp3) is 0.238. The first-order valence-corrected chi connectivity index (χ1v) is 9.00. The van der Waals surface area contributed by atoms with E-state index in [0.29, 0.717) is 18.7 Å². The molecule has 0 radical (unpaired) electrons. The maximum atomic E-state index is 12.0. The Bertz CT molecular complexity index is 938. The number of carbonyl (C=O) groups is 4. The van der Waals surface area contributed by atoms with Crippen LogP contribution in [0.4, 0.5) is 5.69 Å². The van der Waals surface area contributed by atoms with Gasteiger partial charge in [0.05, 0.1) is 18.4 Å². The molecule has 8 heteroatoms. The van der Waals surface area contributed by atoms with Gasteiger partial charge in [0.15, 0.2) is 6.61 Å². The molecule has 0 aromatic heterocycles. The van der Waals surface area contributed by atoms with Gasteiger partial charge in [-0.1, -0.05) is 24.3 Å². The molecular weight excluding hydrogens is 376 g/mol. The summed E-state index contributed by atoms with van der Waals surface area (Å²) in [6.07, 6.45) is 0.616. The van der Waals surface area contributed by atoms with Crippen LogP contribution in [-0.2, 0) is 25.5 Å². The highest BCUT2D eigenvalue weighted by Gasteiger charge is 2.36. The number of rotatable bonds is 8. The van der Waals surface area contributed by atoms with Crippen molar-refractivity contribution in [1.29, 1.82) is 0 Å². The highest BCUT2D eigenvalue weighted by Crippen LogP contribution is 2.28. The van der Waals surface area contributed by atoms with Gasteiger partial charge in [-0.15, -0.1) is 0 Å². The number of hydrogen-bond donors (Lipinski definition) is 1. The van der Waals surface area contributed by atoms with E-state index >= 15 is 0 Å². The molecule has 0 unspecified atom stereocenters. The molecule has 3 rings (SSSR count). The third kappa shape index (κ3) is 4.78. The van der Waals surface area contributed by atoms with Gasteiger partial charge in [-0.05, 0) is 36.2 Å². The average molecular weight is 396 g/mol. The number of methoxy groups -OCH3 is 1. The number of anilines is 1. The standard InChI is InChI=1S/C21H20N2O6/c1-28-15-8-6-14(7-9-15)10-11-22-18(24)13-29-19(25)12-23-17-5-3-2-4-16(17)20(26)21(23)27/h2-9H,10-13H2,1H3,(H,22,24). The molecule has 8 nitrogen and oxygen atoms in total. The molecular formula is C21H20N2O6. The fourth-order valence-corrected chi connectivity index (χ4v) is 2.92. The van der Waals surface area contributed by atoms with Crippen molar-refractivity contribution in [3.8, 4) is 5.75 Å². The van der Waals surface area contributed by atoms with Crippen LogP contribution in [0, 0.1) is 0 Å². The van der Waals surface area contributed by atoms with Crippen molar-refractivity contribution in [1.82, 2.24) is 5.32 Å². The lowest BCUT2D eigenvalue weighted by atomic mass is 10.1. The largest absolute Gasteiger partial charge is 0.497 e. The van der Waals surface area contributed by atoms with Gasteiger partial charge in [0, 0.05) is 6.54 Å². The van der Waals surface area contributed by atoms with E-state index < -0.39 is 36.7 Å². The van der Waals surface area contributed by atoms with Gasteiger partial charge < -0.3 is 14.8 Å². The molecule has 0 aliphatic carbocycles. The Kier molecular flexibility index (Phi) is 6.23. The van der Waals surface area contributed by atoms with E-state index in [4.69, 9.17) is 9.47 Å². The minimum Gasteiger partial charge on any atom is -0.497 e. The molecule has 1 aliphatic heterocycles. The van der Waals surface area contributed by atoms with E-state index in [2.05, 4.69) is 5.32 Å². The van der Waals surface area contributed by atoms with Gasteiger partial charge in [-0.25, -0.2) is 0 Å². The van der Waals surface area contributed by atoms with Gasteiger partial charge in [0.2, 0.25) is 0 Å². The Morgan fingerprint density at radius 2 is 1.76 bits per heavy atom. The first-order chi connectivity index (χ1) is 14.0. The molecule has 1 aliphatic rings. The number of ether oxygens (including phenoxy) is 2. The van der Waals surface area contributed by atoms with E-state index in [1.165, 1.54) is 6.07 Å². The average Bonchev–Trinajstić information content (AvgIpc) is 2.98. The van der Waals surface area contributed by atoms with E-state index in [1.807, 2.05) is 24.3 Å². The number of Topliss-reactive ketones (excluding diaryl/α,β-unsaturated/α-hetero) is 1. The summed E-state index contributed by atoms with van der Waals surface area (Å²) in [5, 5.41) is 2.66. The number of nitrogens with one attached hydrogen (secondary N) is 1. The summed E-state index contributed by atoms with van der Waals surface area (Å²) in [6, 6.07) is 13.9. The first kappa shape index (κ1) is 20.1. The third-order valence-electron chi connectivity index (χ3n) is 4.43. The lowest BCUT2D eigenvalue weighted by Crippen LogP contribution is -2.37. The van der Waals surface area contributed by atoms with Crippen LogP contribution in [0.5, 0.6) is 5.75 Å². The predicted molar refractivity (Wildman–Crippen MR) is 104 cm³/mol. The number of carbonyl (C=O) groups excluding carboxylic acids is 4. The van der Waals surface area contributed by atoms with Crippen molar-refractivity contribution in [2.24, 2.45) is 0 Å². The molecule has 1 heterocycles. The normalized spacial score (nSPS) is 12.5. The number of para-hydroxylation sites is 1. The van der Waals surface area contributed by atoms with Crippen LogP contribution < -0.4 is 15.0 Å². The highest BCUT2D eigenvalue weighted by atomic mass is 16.5. The van der Waals surface area contributed by atoms with Crippen molar-refractivity contribution >= 4 is 29.3 Å². The number of fused-ring (bicyclic) bond motifs is 1. The molecule has 0 spiro atoms. The minimum atomic E-state index is -0.785. The quantitative estimate of drug-likeness (QED) is 0.530. The second-order valence-electron chi connectivity index (χ2n) is 6.35. The summed E-state index contributed by atoms with van der Waals surface area (Å²) in [5.74, 6) is -1.91. The summed E-state index contributed by atoms with van der Waals surface area (Å²) < 4.78 is 10.0. The van der Waals surface area contributed by atoms with Crippen molar-refractivity contribution in [2.45, 2.75) is 6.42 Å². The van der Waals surface area contributed by atoms with Gasteiger partial charge in [0.25, 0.3) is 17.6 Å². The van der Waals surface area contributed by atoms with Crippen molar-refractivity contribution in [3.05, 3.63) is 59.7 Å². The van der Waals surface area contributed by atoms with E-state index in [1.54, 1.807) is 25.3 Å². The number of amides is 2. The molecule has 0 saturated carbocycles. The zero-order chi connectivity index (χ0) is 20.8. The van der Waals surface area contributed by atoms with Gasteiger partial charge >= 0.3 is 5.97 Å². The minimum absolute atomic E-state index is 0.251. The molecule has 0 bridgehead atoms. The number of esters is 1. The Balaban J connectivity index is 1.41. The van der Waals surface area contributed by atoms with Crippen LogP contribution in [0.3, 0.4) is 0 Å². The second-order valence-corrected chi connectivity index (χ2v) is 6.35. The molecule has 29 heavy (non-hydrogen) atoms. The summed E-state index contributed by atoms with van der Waals surface area (Å²) in [7, 11) is 1.59. The Morgan fingerprint density at radius 3 is 2.48 bits per heavy atom. The fourth-order valence-electron chi connectivity index (χ4n) is 2.92. The molecule has 2 amide bonds. The first-order valence-electron chi connectivity index (χ1n) is 9.00. The topological polar surface area (TPSA) is 102 Å². The summed E-state index contributed by atoms with van der Waals surface area (Å²) in [6.45, 7) is -0.505. The van der Waals surface area contributed by atoms with Crippen LogP contribution in [0.25, 0.3) is 0 Å². The lowest BCUT2D eigenvalue weighted by Gasteiger charge is -2.15. The number of hydrogen-bond acceptors (Lipinski definition) is 6. The van der Waals surface area contributed by atoms with Crippen molar-refractivity contribution in [2.75, 3.05) is 31.7 Å². The van der Waals surface area contributed by atoms with Crippen molar-refractivity contribution in [3.63, 3.8) is 0 Å². The van der Waals surface area contributed by atoms with Crippen LogP contribution in [0.2, 0.25) is 0 Å². The van der Waals surface area contributed by atoms with Gasteiger partial charge in [-0.2, -0.15) is 0 Å². The predicted octanol–water partition coefficient (Wildman–Crippen LogP) is 1.13. The van der Waals surface area contributed by atoms with Gasteiger partial charge in [-0.3, -0.25) is 24.1 Å². The van der Waals surface area contributed by atoms with Crippen LogP contribution in [0.1, 0.15) is 15.9 Å². The maximum Gasteiger partial charge on any atom is 0.326 e. The molecule has 2 aromatic carbocycles. The van der Waals surface area contributed by atoms with Crippen LogP contribution in [-0.4, -0.2) is 50.4 Å². The Hall–Kier alpha value is -3.68. The lowest BCUT2D eigenvalue weighted by molar-refractivity contribution is -0.147. The molecule has 150 valence electrons. The zero-order valence-corrected chi connectivity index (χ0v) is 15.8. The summed E-state index contributed by atoms with van der Waals surface area (Å²) >= 11 is 0. The molecule has 1 N–H and O–H groups in total. The van der Waals surface area contributed by atoms with E-state index in [9.17, 15) is 19.2 Å². The Morgan fingerprint density at radius 1 is 1.03 bits per heavy atom. The monoisotopic (exact) mass is 396 g/mol. The molecule has 2 aromatic rings. The van der Waals surface area contributed by atoms with E-state index in [0.717, 1.165) is 16.2 Å². The third-order valence-corrected chi connectivity index (χ3v) is 4.43. The van der Waals surface area contributed by atoms with Crippen LogP contribution in [0.15, 0.2) is 48.5 Å². The van der Waals surface area contributed by atoms with Gasteiger partial charge in [0.1, 0.15) is 12.3 Å². The SMILES string of the molecule is COc1ccc(CCNC(=O)COC(=O)CN2C(=O)C(=O)c3ccccc32)cc1. The Labute approximate surface area is 167 Å². The second kappa shape index (κ2) is 9.01. The number of benzene rings is 2. The molecule has 0 fully saturated rings. The number of ketones is 1. The molecule has 0 saturated heterocycles. The van der Waals surface area contributed by atoms with E-state index in [-0.39, 0.29) is 5.56 Å². The molecule has 0 atom stereocenters. The maximum absolute atomic E-state index is 12.0.